The van der Waals surface area contributed by atoms with E-state index in [1.54, 1.807) is 16.7 Å². The molecule has 0 saturated heterocycles. The Labute approximate surface area is 168 Å². The Morgan fingerprint density at radius 1 is 1.21 bits per heavy atom. The molecule has 0 fully saturated rings. The molecule has 0 spiro atoms. The van der Waals surface area contributed by atoms with Gasteiger partial charge in [0.15, 0.2) is 11.6 Å². The number of carbonyl (C=O) groups excluding carboxylic acids is 1. The number of hydrogen-bond donors (Lipinski definition) is 1. The largest absolute Gasteiger partial charge is 0.489 e. The van der Waals surface area contributed by atoms with Crippen LogP contribution in [-0.2, 0) is 6.54 Å². The van der Waals surface area contributed by atoms with Crippen LogP contribution in [0, 0.1) is 11.6 Å². The standard InChI is InChI=1S/C23H24F2N2O2/c1-3-5-11-26-23(28)21-14-17-20(7-6-8-22(17)29-12-4-2)27(21)15-16-9-10-18(24)19(25)13-16/h4,6-10,13-14H,2-3,5,11-12,15H2,1H3,(H,26,28). The van der Waals surface area contributed by atoms with E-state index in [2.05, 4.69) is 18.8 Å². The number of fused-ring (bicyclic) bond motifs is 1. The van der Waals surface area contributed by atoms with E-state index in [0.29, 0.717) is 30.2 Å². The minimum Gasteiger partial charge on any atom is -0.489 e. The number of unbranched alkanes of at least 4 members (excludes halogenated alkanes) is 1. The summed E-state index contributed by atoms with van der Waals surface area (Å²) in [6.45, 7) is 6.84. The normalized spacial score (nSPS) is 10.9. The molecule has 0 aliphatic rings. The predicted molar refractivity (Wildman–Crippen MR) is 110 cm³/mol. The summed E-state index contributed by atoms with van der Waals surface area (Å²) in [5, 5.41) is 3.69. The van der Waals surface area contributed by atoms with Crippen molar-refractivity contribution in [3.8, 4) is 5.75 Å². The van der Waals surface area contributed by atoms with Crippen molar-refractivity contribution in [3.63, 3.8) is 0 Å². The number of rotatable bonds is 9. The molecule has 0 radical (unpaired) electrons. The number of ether oxygens (including phenoxy) is 1. The van der Waals surface area contributed by atoms with Gasteiger partial charge in [0.05, 0.1) is 5.52 Å². The Bertz CT molecular complexity index is 1030. The van der Waals surface area contributed by atoms with Crippen LogP contribution in [0.15, 0.2) is 55.1 Å². The summed E-state index contributed by atoms with van der Waals surface area (Å²) in [5.74, 6) is -1.40. The van der Waals surface area contributed by atoms with Crippen molar-refractivity contribution < 1.29 is 18.3 Å². The van der Waals surface area contributed by atoms with Crippen molar-refractivity contribution in [2.75, 3.05) is 13.2 Å². The van der Waals surface area contributed by atoms with Gasteiger partial charge in [0, 0.05) is 18.5 Å². The van der Waals surface area contributed by atoms with Crippen LogP contribution in [-0.4, -0.2) is 23.6 Å². The Morgan fingerprint density at radius 2 is 2.03 bits per heavy atom. The van der Waals surface area contributed by atoms with E-state index in [9.17, 15) is 13.6 Å². The zero-order chi connectivity index (χ0) is 20.8. The molecule has 1 aromatic heterocycles. The number of nitrogens with one attached hydrogen (secondary N) is 1. The number of aromatic nitrogens is 1. The summed E-state index contributed by atoms with van der Waals surface area (Å²) in [4.78, 5) is 12.8. The number of amides is 1. The van der Waals surface area contributed by atoms with Crippen molar-refractivity contribution in [3.05, 3.63) is 78.0 Å². The minimum absolute atomic E-state index is 0.216. The Hall–Kier alpha value is -3.15. The van der Waals surface area contributed by atoms with Crippen molar-refractivity contribution in [1.82, 2.24) is 9.88 Å². The maximum absolute atomic E-state index is 13.7. The molecule has 4 nitrogen and oxygen atoms in total. The van der Waals surface area contributed by atoms with Crippen LogP contribution in [0.1, 0.15) is 35.8 Å². The van der Waals surface area contributed by atoms with Crippen LogP contribution < -0.4 is 10.1 Å². The molecule has 3 rings (SSSR count). The van der Waals surface area contributed by atoms with Crippen molar-refractivity contribution >= 4 is 16.8 Å². The van der Waals surface area contributed by atoms with E-state index >= 15 is 0 Å². The summed E-state index contributed by atoms with van der Waals surface area (Å²) in [5.41, 5.74) is 1.77. The molecule has 0 aliphatic heterocycles. The highest BCUT2D eigenvalue weighted by Gasteiger charge is 2.18. The first-order valence-corrected chi connectivity index (χ1v) is 9.63. The topological polar surface area (TPSA) is 43.3 Å². The van der Waals surface area contributed by atoms with Crippen LogP contribution in [0.2, 0.25) is 0 Å². The van der Waals surface area contributed by atoms with Gasteiger partial charge in [0.25, 0.3) is 5.91 Å². The molecule has 0 atom stereocenters. The molecule has 2 aromatic carbocycles. The molecule has 152 valence electrons. The second-order valence-electron chi connectivity index (χ2n) is 6.76. The van der Waals surface area contributed by atoms with Gasteiger partial charge in [-0.25, -0.2) is 8.78 Å². The third kappa shape index (κ3) is 4.65. The molecular formula is C23H24F2N2O2. The van der Waals surface area contributed by atoms with Gasteiger partial charge < -0.3 is 14.6 Å². The highest BCUT2D eigenvalue weighted by molar-refractivity contribution is 6.00. The fourth-order valence-corrected chi connectivity index (χ4v) is 3.18. The molecule has 0 unspecified atom stereocenters. The Balaban J connectivity index is 2.05. The van der Waals surface area contributed by atoms with E-state index in [0.717, 1.165) is 35.9 Å². The van der Waals surface area contributed by atoms with Crippen LogP contribution in [0.5, 0.6) is 5.75 Å². The van der Waals surface area contributed by atoms with Gasteiger partial charge in [-0.2, -0.15) is 0 Å². The van der Waals surface area contributed by atoms with E-state index in [1.807, 2.05) is 18.2 Å². The first-order valence-electron chi connectivity index (χ1n) is 9.63. The van der Waals surface area contributed by atoms with E-state index in [-0.39, 0.29) is 12.5 Å². The number of benzene rings is 2. The van der Waals surface area contributed by atoms with E-state index in [4.69, 9.17) is 4.74 Å². The fraction of sp³-hybridized carbons (Fsp3) is 0.261. The molecule has 1 heterocycles. The van der Waals surface area contributed by atoms with Crippen LogP contribution in [0.25, 0.3) is 10.9 Å². The lowest BCUT2D eigenvalue weighted by Gasteiger charge is -2.12. The zero-order valence-electron chi connectivity index (χ0n) is 16.4. The highest BCUT2D eigenvalue weighted by Crippen LogP contribution is 2.30. The van der Waals surface area contributed by atoms with Gasteiger partial charge >= 0.3 is 0 Å². The average molecular weight is 398 g/mol. The quantitative estimate of drug-likeness (QED) is 0.404. The molecule has 3 aromatic rings. The van der Waals surface area contributed by atoms with Crippen LogP contribution in [0.4, 0.5) is 8.78 Å². The molecule has 0 bridgehead atoms. The van der Waals surface area contributed by atoms with Gasteiger partial charge in [-0.15, -0.1) is 0 Å². The maximum Gasteiger partial charge on any atom is 0.267 e. The number of nitrogens with zero attached hydrogens (tertiary/aromatic N) is 1. The second-order valence-corrected chi connectivity index (χ2v) is 6.76. The molecular weight excluding hydrogens is 374 g/mol. The number of hydrogen-bond acceptors (Lipinski definition) is 2. The van der Waals surface area contributed by atoms with E-state index < -0.39 is 11.6 Å². The van der Waals surface area contributed by atoms with Crippen molar-refractivity contribution in [1.29, 1.82) is 0 Å². The fourth-order valence-electron chi connectivity index (χ4n) is 3.18. The molecule has 0 saturated carbocycles. The van der Waals surface area contributed by atoms with Gasteiger partial charge in [-0.1, -0.05) is 38.1 Å². The summed E-state index contributed by atoms with van der Waals surface area (Å²) in [6, 6.07) is 11.1. The maximum atomic E-state index is 13.7. The SMILES string of the molecule is C=CCOc1cccc2c1cc(C(=O)NCCCC)n2Cc1ccc(F)c(F)c1. The third-order valence-electron chi connectivity index (χ3n) is 4.64. The molecule has 1 N–H and O–H groups in total. The smallest absolute Gasteiger partial charge is 0.267 e. The Morgan fingerprint density at radius 3 is 2.76 bits per heavy atom. The van der Waals surface area contributed by atoms with Crippen LogP contribution in [0.3, 0.4) is 0 Å². The number of halogens is 2. The second kappa shape index (κ2) is 9.37. The van der Waals surface area contributed by atoms with Crippen molar-refractivity contribution in [2.45, 2.75) is 26.3 Å². The van der Waals surface area contributed by atoms with E-state index in [1.165, 1.54) is 6.07 Å². The zero-order valence-corrected chi connectivity index (χ0v) is 16.4. The summed E-state index contributed by atoms with van der Waals surface area (Å²) < 4.78 is 34.5. The van der Waals surface area contributed by atoms with Gasteiger partial charge in [0.2, 0.25) is 0 Å². The number of carbonyl (C=O) groups is 1. The summed E-state index contributed by atoms with van der Waals surface area (Å²) in [6.07, 6.45) is 3.50. The van der Waals surface area contributed by atoms with Crippen molar-refractivity contribution in [2.24, 2.45) is 0 Å². The molecule has 6 heteroatoms. The molecule has 1 amide bonds. The first kappa shape index (κ1) is 20.6. The van der Waals surface area contributed by atoms with Gasteiger partial charge in [-0.3, -0.25) is 4.79 Å². The van der Waals surface area contributed by atoms with Gasteiger partial charge in [-0.05, 0) is 42.3 Å². The monoisotopic (exact) mass is 398 g/mol. The third-order valence-corrected chi connectivity index (χ3v) is 4.64. The van der Waals surface area contributed by atoms with Crippen LogP contribution >= 0.6 is 0 Å². The van der Waals surface area contributed by atoms with Gasteiger partial charge in [0.1, 0.15) is 18.1 Å². The Kier molecular flexibility index (Phi) is 6.65. The lowest BCUT2D eigenvalue weighted by Crippen LogP contribution is -2.27. The highest BCUT2D eigenvalue weighted by atomic mass is 19.2. The lowest BCUT2D eigenvalue weighted by atomic mass is 10.2. The molecule has 0 aliphatic carbocycles. The average Bonchev–Trinajstić information content (AvgIpc) is 3.08. The first-order chi connectivity index (χ1) is 14.0. The summed E-state index contributed by atoms with van der Waals surface area (Å²) >= 11 is 0. The molecule has 29 heavy (non-hydrogen) atoms. The minimum atomic E-state index is -0.914. The summed E-state index contributed by atoms with van der Waals surface area (Å²) in [7, 11) is 0. The lowest BCUT2D eigenvalue weighted by molar-refractivity contribution is 0.0945. The predicted octanol–water partition coefficient (Wildman–Crippen LogP) is 5.06.